The zero-order chi connectivity index (χ0) is 15.1. The van der Waals surface area contributed by atoms with Crippen LogP contribution in [0.4, 0.5) is 0 Å². The molecule has 0 heterocycles. The summed E-state index contributed by atoms with van der Waals surface area (Å²) in [7, 11) is 0. The molecule has 21 heavy (non-hydrogen) atoms. The zero-order valence-corrected chi connectivity index (χ0v) is 12.4. The average Bonchev–Trinajstić information content (AvgIpc) is 2.38. The predicted octanol–water partition coefficient (Wildman–Crippen LogP) is 0.527. The number of nitrogens with two attached hydrogens (primary N) is 1. The quantitative estimate of drug-likeness (QED) is 0.636. The molecule has 1 aromatic rings. The van der Waals surface area contributed by atoms with Crippen molar-refractivity contribution in [1.29, 1.82) is 0 Å². The lowest BCUT2D eigenvalue weighted by Gasteiger charge is -2.14. The number of carboxylic acids is 1. The number of carboxylic acid groups (broad SMARTS) is 1. The largest absolute Gasteiger partial charge is 0.480 e. The Kier molecular flexibility index (Phi) is 8.26. The second kappa shape index (κ2) is 9.10. The molecule has 7 heteroatoms. The fourth-order valence-electron chi connectivity index (χ4n) is 1.61. The van der Waals surface area contributed by atoms with E-state index in [0.29, 0.717) is 0 Å². The zero-order valence-electron chi connectivity index (χ0n) is 11.6. The highest BCUT2D eigenvalue weighted by molar-refractivity contribution is 6.01. The first-order valence-electron chi connectivity index (χ1n) is 6.24. The van der Waals surface area contributed by atoms with Crippen molar-refractivity contribution in [3.8, 4) is 0 Å². The summed E-state index contributed by atoms with van der Waals surface area (Å²) in [6, 6.07) is 7.14. The van der Waals surface area contributed by atoms with E-state index in [1.165, 1.54) is 6.92 Å². The molecule has 0 saturated carbocycles. The predicted molar refractivity (Wildman–Crippen MR) is 80.2 cm³/mol. The molecule has 4 N–H and O–H groups in total. The molecule has 0 aliphatic carbocycles. The van der Waals surface area contributed by atoms with E-state index >= 15 is 0 Å². The summed E-state index contributed by atoms with van der Waals surface area (Å²) < 4.78 is 0. The molecule has 0 fully saturated rings. The number of halogens is 1. The van der Waals surface area contributed by atoms with Gasteiger partial charge in [-0.2, -0.15) is 0 Å². The van der Waals surface area contributed by atoms with E-state index in [1.54, 1.807) is 24.3 Å². The van der Waals surface area contributed by atoms with Gasteiger partial charge in [0.15, 0.2) is 5.78 Å². The van der Waals surface area contributed by atoms with Crippen molar-refractivity contribution in [2.75, 3.05) is 0 Å². The van der Waals surface area contributed by atoms with E-state index in [0.717, 1.165) is 5.56 Å². The maximum atomic E-state index is 11.6. The molecule has 0 aliphatic heterocycles. The lowest BCUT2D eigenvalue weighted by atomic mass is 10.1. The molecule has 6 nitrogen and oxygen atoms in total. The van der Waals surface area contributed by atoms with Gasteiger partial charge in [-0.05, 0) is 12.5 Å². The Hall–Kier alpha value is -1.92. The fourth-order valence-corrected chi connectivity index (χ4v) is 1.61. The number of hydrogen-bond acceptors (Lipinski definition) is 4. The number of hydrogen-bond donors (Lipinski definition) is 3. The molecule has 0 radical (unpaired) electrons. The van der Waals surface area contributed by atoms with Gasteiger partial charge in [0, 0.05) is 6.42 Å². The highest BCUT2D eigenvalue weighted by atomic mass is 35.5. The summed E-state index contributed by atoms with van der Waals surface area (Å²) in [5.74, 6) is -2.20. The second-order valence-electron chi connectivity index (χ2n) is 4.58. The van der Waals surface area contributed by atoms with Gasteiger partial charge in [0.2, 0.25) is 5.91 Å². The van der Waals surface area contributed by atoms with Gasteiger partial charge in [-0.3, -0.25) is 9.59 Å². The summed E-state index contributed by atoms with van der Waals surface area (Å²) in [5, 5.41) is 11.4. The summed E-state index contributed by atoms with van der Waals surface area (Å²) in [5.41, 5.74) is 6.14. The lowest BCUT2D eigenvalue weighted by molar-refractivity contribution is -0.142. The van der Waals surface area contributed by atoms with Crippen LogP contribution >= 0.6 is 12.4 Å². The molecule has 0 bridgehead atoms. The Bertz CT molecular complexity index is 491. The molecule has 2 atom stereocenters. The number of Topliss-reactive ketones (excluding diaryl/α,β-unsaturated/α-hetero) is 1. The number of aliphatic carboxylic acids is 1. The first kappa shape index (κ1) is 19.1. The SMILES string of the molecule is C[C@H](N)C(=O)CC(=O)N[C@@H](Cc1ccccc1)C(=O)O.Cl. The lowest BCUT2D eigenvalue weighted by Crippen LogP contribution is -2.44. The highest BCUT2D eigenvalue weighted by Gasteiger charge is 2.22. The first-order chi connectivity index (χ1) is 9.40. The van der Waals surface area contributed by atoms with Crippen LogP contribution in [0.3, 0.4) is 0 Å². The normalized spacial score (nSPS) is 12.7. The molecule has 1 rings (SSSR count). The molecule has 0 aromatic heterocycles. The van der Waals surface area contributed by atoms with Crippen LogP contribution < -0.4 is 11.1 Å². The van der Waals surface area contributed by atoms with Gasteiger partial charge < -0.3 is 16.2 Å². The van der Waals surface area contributed by atoms with Gasteiger partial charge >= 0.3 is 5.97 Å². The summed E-state index contributed by atoms with van der Waals surface area (Å²) in [4.78, 5) is 34.1. The van der Waals surface area contributed by atoms with Crippen LogP contribution in [0.25, 0.3) is 0 Å². The van der Waals surface area contributed by atoms with E-state index in [9.17, 15) is 14.4 Å². The summed E-state index contributed by atoms with van der Waals surface area (Å²) in [6.45, 7) is 1.48. The molecule has 116 valence electrons. The molecule has 1 aromatic carbocycles. The average molecular weight is 315 g/mol. The minimum Gasteiger partial charge on any atom is -0.480 e. The number of nitrogens with one attached hydrogen (secondary N) is 1. The van der Waals surface area contributed by atoms with Crippen molar-refractivity contribution in [1.82, 2.24) is 5.32 Å². The van der Waals surface area contributed by atoms with Crippen LogP contribution in [0, 0.1) is 0 Å². The third kappa shape index (κ3) is 6.87. The van der Waals surface area contributed by atoms with Gasteiger partial charge in [0.05, 0.1) is 12.5 Å². The van der Waals surface area contributed by atoms with E-state index in [1.807, 2.05) is 6.07 Å². The van der Waals surface area contributed by atoms with Crippen molar-refractivity contribution in [3.63, 3.8) is 0 Å². The Morgan fingerprint density at radius 2 is 1.81 bits per heavy atom. The van der Waals surface area contributed by atoms with E-state index in [2.05, 4.69) is 5.32 Å². The van der Waals surface area contributed by atoms with Crippen molar-refractivity contribution < 1.29 is 19.5 Å². The smallest absolute Gasteiger partial charge is 0.326 e. The molecule has 0 unspecified atom stereocenters. The minimum atomic E-state index is -1.14. The third-order valence-electron chi connectivity index (χ3n) is 2.76. The molecule has 0 aliphatic rings. The Morgan fingerprint density at radius 1 is 1.24 bits per heavy atom. The van der Waals surface area contributed by atoms with Crippen LogP contribution in [0.1, 0.15) is 18.9 Å². The number of rotatable bonds is 7. The van der Waals surface area contributed by atoms with Gasteiger partial charge in [-0.15, -0.1) is 12.4 Å². The Morgan fingerprint density at radius 3 is 2.29 bits per heavy atom. The van der Waals surface area contributed by atoms with Gasteiger partial charge in [-0.25, -0.2) is 4.79 Å². The Labute approximate surface area is 129 Å². The molecular weight excluding hydrogens is 296 g/mol. The van der Waals surface area contributed by atoms with Crippen LogP contribution in [-0.4, -0.2) is 34.8 Å². The molecular formula is C14H19ClN2O4. The standard InChI is InChI=1S/C14H18N2O4.ClH/c1-9(15)12(17)8-13(18)16-11(14(19)20)7-10-5-3-2-4-6-10;/h2-6,9,11H,7-8,15H2,1H3,(H,16,18)(H,19,20);1H/t9-,11-;/m0./s1. The highest BCUT2D eigenvalue weighted by Crippen LogP contribution is 2.04. The second-order valence-corrected chi connectivity index (χ2v) is 4.58. The van der Waals surface area contributed by atoms with E-state index < -0.39 is 36.2 Å². The topological polar surface area (TPSA) is 109 Å². The van der Waals surface area contributed by atoms with Crippen molar-refractivity contribution in [3.05, 3.63) is 35.9 Å². The van der Waals surface area contributed by atoms with Gasteiger partial charge in [-0.1, -0.05) is 30.3 Å². The number of amides is 1. The van der Waals surface area contributed by atoms with E-state index in [-0.39, 0.29) is 18.8 Å². The van der Waals surface area contributed by atoms with Gasteiger partial charge in [0.1, 0.15) is 6.04 Å². The molecule has 1 amide bonds. The maximum Gasteiger partial charge on any atom is 0.326 e. The summed E-state index contributed by atoms with van der Waals surface area (Å²) >= 11 is 0. The number of benzene rings is 1. The fraction of sp³-hybridized carbons (Fsp3) is 0.357. The van der Waals surface area contributed by atoms with Crippen molar-refractivity contribution in [2.24, 2.45) is 5.73 Å². The van der Waals surface area contributed by atoms with Crippen LogP contribution in [0.15, 0.2) is 30.3 Å². The Balaban J connectivity index is 0.00000400. The number of carbonyl (C=O) groups is 3. The maximum absolute atomic E-state index is 11.6. The number of ketones is 1. The van der Waals surface area contributed by atoms with Crippen LogP contribution in [0.5, 0.6) is 0 Å². The number of carbonyl (C=O) groups excluding carboxylic acids is 2. The minimum absolute atomic E-state index is 0. The third-order valence-corrected chi connectivity index (χ3v) is 2.76. The molecule has 0 spiro atoms. The summed E-state index contributed by atoms with van der Waals surface area (Å²) in [6.07, 6.45) is -0.246. The molecule has 0 saturated heterocycles. The van der Waals surface area contributed by atoms with Crippen LogP contribution in [0.2, 0.25) is 0 Å². The van der Waals surface area contributed by atoms with Crippen molar-refractivity contribution in [2.45, 2.75) is 31.8 Å². The first-order valence-corrected chi connectivity index (χ1v) is 6.24. The van der Waals surface area contributed by atoms with Crippen molar-refractivity contribution >= 4 is 30.1 Å². The van der Waals surface area contributed by atoms with Crippen LogP contribution in [-0.2, 0) is 20.8 Å². The monoisotopic (exact) mass is 314 g/mol. The van der Waals surface area contributed by atoms with E-state index in [4.69, 9.17) is 10.8 Å². The van der Waals surface area contributed by atoms with Gasteiger partial charge in [0.25, 0.3) is 0 Å².